The molecule has 2 aliphatic rings. The van der Waals surface area contributed by atoms with Crippen LogP contribution in [0.5, 0.6) is 0 Å². The van der Waals surface area contributed by atoms with E-state index in [0.29, 0.717) is 31.0 Å². The first-order valence-corrected chi connectivity index (χ1v) is 9.27. The van der Waals surface area contributed by atoms with Crippen LogP contribution < -0.4 is 10.6 Å². The Balaban J connectivity index is 1.48. The normalized spacial score (nSPS) is 18.2. The molecule has 2 N–H and O–H groups in total. The van der Waals surface area contributed by atoms with Gasteiger partial charge in [0.15, 0.2) is 0 Å². The van der Waals surface area contributed by atoms with E-state index in [9.17, 15) is 9.59 Å². The molecule has 0 bridgehead atoms. The highest BCUT2D eigenvalue weighted by Crippen LogP contribution is 2.36. The Morgan fingerprint density at radius 1 is 1.07 bits per heavy atom. The van der Waals surface area contributed by atoms with Crippen molar-refractivity contribution < 1.29 is 9.59 Å². The summed E-state index contributed by atoms with van der Waals surface area (Å²) in [7, 11) is 0. The maximum atomic E-state index is 12.5. The number of carbonyl (C=O) groups excluding carboxylic acids is 2. The summed E-state index contributed by atoms with van der Waals surface area (Å²) < 4.78 is 0. The van der Waals surface area contributed by atoms with Crippen molar-refractivity contribution >= 4 is 17.6 Å². The quantitative estimate of drug-likeness (QED) is 0.861. The summed E-state index contributed by atoms with van der Waals surface area (Å²) in [5.41, 5.74) is 6.55. The molecule has 2 aliphatic heterocycles. The number of hydrogen-bond donors (Lipinski definition) is 1. The fraction of sp³-hybridized carbons (Fsp3) is 0.400. The third-order valence-electron chi connectivity index (χ3n) is 5.45. The van der Waals surface area contributed by atoms with Crippen molar-refractivity contribution in [3.05, 3.63) is 54.0 Å². The lowest BCUT2D eigenvalue weighted by Gasteiger charge is -2.48. The summed E-state index contributed by atoms with van der Waals surface area (Å²) in [6.07, 6.45) is 5.81. The van der Waals surface area contributed by atoms with Crippen LogP contribution in [0, 0.1) is 5.41 Å². The lowest BCUT2D eigenvalue weighted by molar-refractivity contribution is -0.129. The van der Waals surface area contributed by atoms with Gasteiger partial charge in [0.2, 0.25) is 5.91 Å². The van der Waals surface area contributed by atoms with Crippen LogP contribution in [0.15, 0.2) is 42.7 Å². The van der Waals surface area contributed by atoms with Crippen LogP contribution in [0.2, 0.25) is 0 Å². The zero-order chi connectivity index (χ0) is 18.9. The van der Waals surface area contributed by atoms with Gasteiger partial charge >= 0.3 is 0 Å². The molecule has 0 aliphatic carbocycles. The number of nitrogens with zero attached hydrogens (tertiary/aromatic N) is 4. The van der Waals surface area contributed by atoms with Crippen molar-refractivity contribution in [2.24, 2.45) is 11.1 Å². The van der Waals surface area contributed by atoms with Gasteiger partial charge in [-0.1, -0.05) is 30.3 Å². The number of rotatable bonds is 5. The minimum atomic E-state index is -0.613. The van der Waals surface area contributed by atoms with E-state index in [1.165, 1.54) is 6.20 Å². The second-order valence-electron chi connectivity index (χ2n) is 7.42. The van der Waals surface area contributed by atoms with Gasteiger partial charge in [-0.25, -0.2) is 4.98 Å². The van der Waals surface area contributed by atoms with E-state index in [-0.39, 0.29) is 11.8 Å². The lowest BCUT2D eigenvalue weighted by Crippen LogP contribution is -2.64. The van der Waals surface area contributed by atoms with E-state index in [2.05, 4.69) is 9.97 Å². The summed E-state index contributed by atoms with van der Waals surface area (Å²) in [6, 6.07) is 9.87. The molecular formula is C20H23N5O2. The topological polar surface area (TPSA) is 92.4 Å². The molecule has 2 fully saturated rings. The van der Waals surface area contributed by atoms with Crippen molar-refractivity contribution in [3.8, 4) is 0 Å². The Labute approximate surface area is 158 Å². The Hall–Kier alpha value is -2.96. The van der Waals surface area contributed by atoms with Gasteiger partial charge in [0.1, 0.15) is 11.5 Å². The van der Waals surface area contributed by atoms with E-state index in [1.807, 2.05) is 40.1 Å². The van der Waals surface area contributed by atoms with Crippen molar-refractivity contribution in [2.75, 3.05) is 31.1 Å². The van der Waals surface area contributed by atoms with Crippen LogP contribution in [0.1, 0.15) is 28.9 Å². The number of nitrogens with two attached hydrogens (primary N) is 1. The first-order valence-electron chi connectivity index (χ1n) is 9.27. The minimum absolute atomic E-state index is 0.0761. The van der Waals surface area contributed by atoms with E-state index >= 15 is 0 Å². The number of carbonyl (C=O) groups is 2. The van der Waals surface area contributed by atoms with Crippen molar-refractivity contribution in [1.29, 1.82) is 0 Å². The molecule has 2 amide bonds. The van der Waals surface area contributed by atoms with Crippen LogP contribution in [-0.4, -0.2) is 52.9 Å². The summed E-state index contributed by atoms with van der Waals surface area (Å²) >= 11 is 0. The standard InChI is InChI=1S/C20H23N5O2/c21-19(27)20(10-15-6-2-1-3-7-15)13-25(14-20)17-12-22-11-16(23-17)18(26)24-8-4-5-9-24/h1-3,6-7,11-12H,4-5,8-10,13-14H2,(H2,21,27). The summed E-state index contributed by atoms with van der Waals surface area (Å²) in [4.78, 5) is 37.1. The number of aromatic nitrogens is 2. The zero-order valence-corrected chi connectivity index (χ0v) is 15.2. The van der Waals surface area contributed by atoms with Crippen LogP contribution in [0.4, 0.5) is 5.82 Å². The highest BCUT2D eigenvalue weighted by atomic mass is 16.2. The summed E-state index contributed by atoms with van der Waals surface area (Å²) in [5.74, 6) is 0.234. The molecule has 0 saturated carbocycles. The number of hydrogen-bond acceptors (Lipinski definition) is 5. The van der Waals surface area contributed by atoms with E-state index < -0.39 is 5.41 Å². The second-order valence-corrected chi connectivity index (χ2v) is 7.42. The zero-order valence-electron chi connectivity index (χ0n) is 15.2. The van der Waals surface area contributed by atoms with Gasteiger partial charge in [-0.3, -0.25) is 14.6 Å². The Morgan fingerprint density at radius 3 is 2.44 bits per heavy atom. The Morgan fingerprint density at radius 2 is 1.78 bits per heavy atom. The van der Waals surface area contributed by atoms with Crippen LogP contribution in [0.25, 0.3) is 0 Å². The van der Waals surface area contributed by atoms with Crippen LogP contribution in [-0.2, 0) is 11.2 Å². The molecule has 0 unspecified atom stereocenters. The number of likely N-dealkylation sites (tertiary alicyclic amines) is 1. The smallest absolute Gasteiger partial charge is 0.274 e. The largest absolute Gasteiger partial charge is 0.369 e. The van der Waals surface area contributed by atoms with Gasteiger partial charge < -0.3 is 15.5 Å². The van der Waals surface area contributed by atoms with E-state index in [4.69, 9.17) is 5.73 Å². The highest BCUT2D eigenvalue weighted by Gasteiger charge is 2.48. The van der Waals surface area contributed by atoms with E-state index in [1.54, 1.807) is 6.20 Å². The maximum absolute atomic E-state index is 12.5. The van der Waals surface area contributed by atoms with Gasteiger partial charge in [-0.15, -0.1) is 0 Å². The first kappa shape index (κ1) is 17.5. The van der Waals surface area contributed by atoms with Gasteiger partial charge in [0, 0.05) is 26.2 Å². The molecule has 4 rings (SSSR count). The highest BCUT2D eigenvalue weighted by molar-refractivity contribution is 5.92. The van der Waals surface area contributed by atoms with Crippen LogP contribution >= 0.6 is 0 Å². The molecule has 0 atom stereocenters. The first-order chi connectivity index (χ1) is 13.1. The third kappa shape index (κ3) is 3.37. The molecule has 0 radical (unpaired) electrons. The SMILES string of the molecule is NC(=O)C1(Cc2ccccc2)CN(c2cncc(C(=O)N3CCCC3)n2)C1. The fourth-order valence-electron chi connectivity index (χ4n) is 3.88. The predicted molar refractivity (Wildman–Crippen MR) is 101 cm³/mol. The number of anilines is 1. The molecule has 1 aromatic heterocycles. The molecule has 7 nitrogen and oxygen atoms in total. The molecule has 1 aromatic carbocycles. The molecular weight excluding hydrogens is 342 g/mol. The summed E-state index contributed by atoms with van der Waals surface area (Å²) in [5, 5.41) is 0. The van der Waals surface area contributed by atoms with Gasteiger partial charge in [-0.05, 0) is 24.8 Å². The molecule has 140 valence electrons. The van der Waals surface area contributed by atoms with Crippen molar-refractivity contribution in [2.45, 2.75) is 19.3 Å². The number of primary amides is 1. The van der Waals surface area contributed by atoms with Gasteiger partial charge in [-0.2, -0.15) is 0 Å². The van der Waals surface area contributed by atoms with Gasteiger partial charge in [0.05, 0.1) is 17.8 Å². The average Bonchev–Trinajstić information content (AvgIpc) is 3.19. The van der Waals surface area contributed by atoms with Gasteiger partial charge in [0.25, 0.3) is 5.91 Å². The number of amides is 2. The fourth-order valence-corrected chi connectivity index (χ4v) is 3.88. The summed E-state index contributed by atoms with van der Waals surface area (Å²) in [6.45, 7) is 2.51. The molecule has 3 heterocycles. The minimum Gasteiger partial charge on any atom is -0.369 e. The third-order valence-corrected chi connectivity index (χ3v) is 5.45. The molecule has 27 heavy (non-hydrogen) atoms. The van der Waals surface area contributed by atoms with Crippen molar-refractivity contribution in [1.82, 2.24) is 14.9 Å². The molecule has 2 aromatic rings. The Bertz CT molecular complexity index is 842. The predicted octanol–water partition coefficient (Wildman–Crippen LogP) is 1.25. The van der Waals surface area contributed by atoms with Crippen molar-refractivity contribution in [3.63, 3.8) is 0 Å². The molecule has 0 spiro atoms. The Kier molecular flexibility index (Phi) is 4.51. The molecule has 2 saturated heterocycles. The number of benzene rings is 1. The van der Waals surface area contributed by atoms with E-state index in [0.717, 1.165) is 31.5 Å². The van der Waals surface area contributed by atoms with Crippen LogP contribution in [0.3, 0.4) is 0 Å². The molecule has 7 heteroatoms. The monoisotopic (exact) mass is 365 g/mol. The maximum Gasteiger partial charge on any atom is 0.274 e. The average molecular weight is 365 g/mol. The lowest BCUT2D eigenvalue weighted by atomic mass is 9.74. The second kappa shape index (κ2) is 6.98.